The van der Waals surface area contributed by atoms with Crippen molar-refractivity contribution in [3.63, 3.8) is 0 Å². The lowest BCUT2D eigenvalue weighted by Crippen LogP contribution is -2.55. The third-order valence-electron chi connectivity index (χ3n) is 6.97. The number of anilines is 1. The zero-order chi connectivity index (χ0) is 24.7. The summed E-state index contributed by atoms with van der Waals surface area (Å²) in [5.74, 6) is -2.56. The number of benzene rings is 1. The fraction of sp³-hybridized carbons (Fsp3) is 0.480. The number of carbonyl (C=O) groups excluding carboxylic acids is 3. The molecule has 33 heavy (non-hydrogen) atoms. The number of primary amides is 1. The number of aromatic nitrogens is 1. The van der Waals surface area contributed by atoms with E-state index in [1.54, 1.807) is 38.5 Å². The van der Waals surface area contributed by atoms with E-state index in [1.807, 2.05) is 6.92 Å². The molecule has 1 fully saturated rings. The maximum Gasteiger partial charge on any atom is 0.301 e. The molecule has 1 saturated carbocycles. The number of Topliss-reactive ketones (excluding diaryl/α,β-unsaturated/α-hetero) is 1. The van der Waals surface area contributed by atoms with Crippen LogP contribution in [-0.4, -0.2) is 38.9 Å². The summed E-state index contributed by atoms with van der Waals surface area (Å²) < 4.78 is 15.5. The number of hydrogen-bond donors (Lipinski definition) is 2. The van der Waals surface area contributed by atoms with Crippen molar-refractivity contribution >= 4 is 23.3 Å². The van der Waals surface area contributed by atoms with Crippen molar-refractivity contribution in [3.8, 4) is 0 Å². The van der Waals surface area contributed by atoms with E-state index in [0.717, 1.165) is 0 Å². The highest BCUT2D eigenvalue weighted by molar-refractivity contribution is 6.47. The van der Waals surface area contributed by atoms with E-state index < -0.39 is 35.1 Å². The first-order chi connectivity index (χ1) is 15.4. The van der Waals surface area contributed by atoms with Crippen molar-refractivity contribution in [2.75, 3.05) is 4.90 Å². The minimum Gasteiger partial charge on any atom is -0.393 e. The Bertz CT molecular complexity index is 1110. The van der Waals surface area contributed by atoms with Gasteiger partial charge in [-0.3, -0.25) is 19.3 Å². The van der Waals surface area contributed by atoms with Gasteiger partial charge in [0.15, 0.2) is 0 Å². The lowest BCUT2D eigenvalue weighted by Gasteiger charge is -2.44. The average Bonchev–Trinajstić information content (AvgIpc) is 3.02. The Morgan fingerprint density at radius 1 is 1.24 bits per heavy atom. The second-order valence-corrected chi connectivity index (χ2v) is 9.20. The van der Waals surface area contributed by atoms with Crippen molar-refractivity contribution in [2.24, 2.45) is 12.8 Å². The number of carbonyl (C=O) groups is 3. The van der Waals surface area contributed by atoms with E-state index in [2.05, 4.69) is 0 Å². The molecule has 0 atom stereocenters. The topological polar surface area (TPSA) is 106 Å². The van der Waals surface area contributed by atoms with Crippen LogP contribution in [0, 0.1) is 19.7 Å². The first-order valence-electron chi connectivity index (χ1n) is 11.2. The van der Waals surface area contributed by atoms with Gasteiger partial charge in [0.1, 0.15) is 5.82 Å². The number of hydrogen-bond acceptors (Lipinski definition) is 4. The van der Waals surface area contributed by atoms with Crippen LogP contribution in [0.15, 0.2) is 18.2 Å². The quantitative estimate of drug-likeness (QED) is 0.513. The molecule has 3 rings (SSSR count). The van der Waals surface area contributed by atoms with E-state index in [1.165, 1.54) is 17.0 Å². The van der Waals surface area contributed by atoms with E-state index in [0.29, 0.717) is 54.6 Å². The van der Waals surface area contributed by atoms with Crippen LogP contribution < -0.4 is 10.6 Å². The molecule has 0 spiro atoms. The lowest BCUT2D eigenvalue weighted by atomic mass is 9.79. The summed E-state index contributed by atoms with van der Waals surface area (Å²) >= 11 is 0. The van der Waals surface area contributed by atoms with Crippen molar-refractivity contribution in [1.29, 1.82) is 0 Å². The van der Waals surface area contributed by atoms with Crippen molar-refractivity contribution in [3.05, 3.63) is 52.1 Å². The number of nitrogens with zero attached hydrogens (tertiary/aromatic N) is 2. The second-order valence-electron chi connectivity index (χ2n) is 9.20. The van der Waals surface area contributed by atoms with Crippen LogP contribution in [0.25, 0.3) is 0 Å². The summed E-state index contributed by atoms with van der Waals surface area (Å²) in [6, 6.07) is 4.34. The Morgan fingerprint density at radius 2 is 1.85 bits per heavy atom. The third-order valence-corrected chi connectivity index (χ3v) is 6.97. The Balaban J connectivity index is 2.15. The van der Waals surface area contributed by atoms with Crippen LogP contribution in [0.5, 0.6) is 0 Å². The molecular weight excluding hydrogens is 425 g/mol. The number of amides is 2. The van der Waals surface area contributed by atoms with Crippen molar-refractivity contribution in [2.45, 2.75) is 71.4 Å². The maximum atomic E-state index is 14.0. The highest BCUT2D eigenvalue weighted by Crippen LogP contribution is 2.38. The Hall–Kier alpha value is -3.00. The van der Waals surface area contributed by atoms with Gasteiger partial charge in [0, 0.05) is 24.0 Å². The molecule has 8 heteroatoms. The number of aliphatic hydroxyl groups is 1. The van der Waals surface area contributed by atoms with Crippen LogP contribution in [0.2, 0.25) is 0 Å². The first kappa shape index (κ1) is 24.6. The van der Waals surface area contributed by atoms with Gasteiger partial charge >= 0.3 is 5.91 Å². The Kier molecular flexibility index (Phi) is 6.79. The maximum absolute atomic E-state index is 14.0. The predicted molar refractivity (Wildman–Crippen MR) is 124 cm³/mol. The number of aryl methyl sites for hydroxylation is 1. The number of nitrogens with two attached hydrogens (primary N) is 1. The molecule has 0 saturated heterocycles. The monoisotopic (exact) mass is 457 g/mol. The molecule has 2 amide bonds. The van der Waals surface area contributed by atoms with Gasteiger partial charge in [0.25, 0.3) is 11.7 Å². The van der Waals surface area contributed by atoms with Gasteiger partial charge in [-0.25, -0.2) is 4.39 Å². The molecule has 0 aliphatic heterocycles. The second kappa shape index (κ2) is 9.09. The Morgan fingerprint density at radius 3 is 2.36 bits per heavy atom. The van der Waals surface area contributed by atoms with Gasteiger partial charge in [-0.15, -0.1) is 0 Å². The molecule has 178 valence electrons. The number of halogens is 1. The summed E-state index contributed by atoms with van der Waals surface area (Å²) in [6.45, 7) is 6.97. The van der Waals surface area contributed by atoms with Gasteiger partial charge in [-0.1, -0.05) is 6.92 Å². The molecule has 0 bridgehead atoms. The minimum atomic E-state index is -0.758. The molecular formula is C25H32FN3O4. The fourth-order valence-electron chi connectivity index (χ4n) is 4.93. The van der Waals surface area contributed by atoms with E-state index >= 15 is 0 Å². The average molecular weight is 458 g/mol. The van der Waals surface area contributed by atoms with Crippen LogP contribution in [-0.2, 0) is 18.3 Å². The summed E-state index contributed by atoms with van der Waals surface area (Å²) in [5.41, 5.74) is 6.96. The number of aliphatic hydroxyl groups excluding tert-OH is 1. The molecule has 1 heterocycles. The molecule has 1 aromatic carbocycles. The molecule has 1 aliphatic carbocycles. The summed E-state index contributed by atoms with van der Waals surface area (Å²) in [5, 5.41) is 10.0. The standard InChI is InChI=1S/C25H32FN3O4/c1-6-18-20(23(27)32)15(3)28(5)21(18)22(31)24(33)29(16-7-8-19(26)14(2)13-16)25(4)11-9-17(30)10-12-25/h7-8,13,17,30H,6,9-12H2,1-5H3,(H2,27,32). The first-order valence-corrected chi connectivity index (χ1v) is 11.2. The number of ketones is 1. The van der Waals surface area contributed by atoms with E-state index in [9.17, 15) is 23.9 Å². The van der Waals surface area contributed by atoms with Crippen LogP contribution in [0.1, 0.15) is 77.2 Å². The summed E-state index contributed by atoms with van der Waals surface area (Å²) in [7, 11) is 1.63. The lowest BCUT2D eigenvalue weighted by molar-refractivity contribution is -0.116. The van der Waals surface area contributed by atoms with Gasteiger partial charge in [-0.05, 0) is 82.2 Å². The highest BCUT2D eigenvalue weighted by atomic mass is 19.1. The summed E-state index contributed by atoms with van der Waals surface area (Å²) in [6.07, 6.45) is 1.86. The van der Waals surface area contributed by atoms with E-state index in [-0.39, 0.29) is 11.3 Å². The molecule has 0 unspecified atom stereocenters. The third kappa shape index (κ3) is 4.31. The normalized spacial score (nSPS) is 20.5. The Labute approximate surface area is 193 Å². The van der Waals surface area contributed by atoms with Crippen LogP contribution >= 0.6 is 0 Å². The molecule has 2 aromatic rings. The van der Waals surface area contributed by atoms with Crippen molar-refractivity contribution < 1.29 is 23.9 Å². The van der Waals surface area contributed by atoms with Gasteiger partial charge < -0.3 is 15.4 Å². The molecule has 0 radical (unpaired) electrons. The SMILES string of the molecule is CCc1c(C(N)=O)c(C)n(C)c1C(=O)C(=O)N(c1ccc(F)c(C)c1)C1(C)CCC(O)CC1. The van der Waals surface area contributed by atoms with Crippen LogP contribution in [0.4, 0.5) is 10.1 Å². The van der Waals surface area contributed by atoms with Gasteiger partial charge in [0.2, 0.25) is 0 Å². The minimum absolute atomic E-state index is 0.136. The highest BCUT2D eigenvalue weighted by Gasteiger charge is 2.43. The van der Waals surface area contributed by atoms with Gasteiger partial charge in [-0.2, -0.15) is 0 Å². The fourth-order valence-corrected chi connectivity index (χ4v) is 4.93. The molecule has 1 aromatic heterocycles. The number of rotatable bonds is 6. The largest absolute Gasteiger partial charge is 0.393 e. The zero-order valence-corrected chi connectivity index (χ0v) is 19.9. The van der Waals surface area contributed by atoms with Crippen LogP contribution in [0.3, 0.4) is 0 Å². The summed E-state index contributed by atoms with van der Waals surface area (Å²) in [4.78, 5) is 41.0. The molecule has 1 aliphatic rings. The van der Waals surface area contributed by atoms with Crippen molar-refractivity contribution in [1.82, 2.24) is 4.57 Å². The zero-order valence-electron chi connectivity index (χ0n) is 19.9. The van der Waals surface area contributed by atoms with E-state index in [4.69, 9.17) is 5.73 Å². The van der Waals surface area contributed by atoms with Gasteiger partial charge in [0.05, 0.1) is 17.4 Å². The predicted octanol–water partition coefficient (Wildman–Crippen LogP) is 3.35. The smallest absolute Gasteiger partial charge is 0.301 e. The molecule has 7 nitrogen and oxygen atoms in total. The molecule has 3 N–H and O–H groups in total.